The van der Waals surface area contributed by atoms with Crippen LogP contribution in [0.1, 0.15) is 11.8 Å². The molecule has 1 aliphatic rings. The van der Waals surface area contributed by atoms with Gasteiger partial charge in [-0.1, -0.05) is 12.2 Å². The summed E-state index contributed by atoms with van der Waals surface area (Å²) < 4.78 is 10.5. The Morgan fingerprint density at radius 1 is 1.38 bits per heavy atom. The van der Waals surface area contributed by atoms with E-state index in [-0.39, 0.29) is 12.1 Å². The molecule has 0 unspecified atom stereocenters. The van der Waals surface area contributed by atoms with Gasteiger partial charge in [0, 0.05) is 12.6 Å². The molecule has 0 amide bonds. The molecule has 0 saturated carbocycles. The minimum Gasteiger partial charge on any atom is -0.497 e. The SMILES string of the molecule is COc1ccc([C@@H]2OC(=N)C(=S)N2C)cc1. The Hall–Kier alpha value is -1.62. The summed E-state index contributed by atoms with van der Waals surface area (Å²) in [5, 5.41) is 7.51. The Kier molecular flexibility index (Phi) is 2.78. The van der Waals surface area contributed by atoms with E-state index in [0.29, 0.717) is 4.99 Å². The van der Waals surface area contributed by atoms with Crippen LogP contribution in [0.15, 0.2) is 24.3 Å². The van der Waals surface area contributed by atoms with Crippen molar-refractivity contribution in [3.8, 4) is 5.75 Å². The van der Waals surface area contributed by atoms with Crippen LogP contribution in [0.3, 0.4) is 0 Å². The zero-order chi connectivity index (χ0) is 11.7. The van der Waals surface area contributed by atoms with Crippen LogP contribution in [0.5, 0.6) is 5.75 Å². The standard InChI is InChI=1S/C11H12N2O2S/c1-13-10(15-9(12)11(13)16)7-3-5-8(14-2)6-4-7/h3-6,10,12H,1-2H3/t10-/m0/s1. The molecule has 0 radical (unpaired) electrons. The van der Waals surface area contributed by atoms with Gasteiger partial charge in [-0.3, -0.25) is 5.41 Å². The van der Waals surface area contributed by atoms with E-state index in [4.69, 9.17) is 27.1 Å². The first kappa shape index (κ1) is 10.9. The molecule has 0 aliphatic carbocycles. The van der Waals surface area contributed by atoms with Crippen LogP contribution in [0.2, 0.25) is 0 Å². The Morgan fingerprint density at radius 2 is 2.00 bits per heavy atom. The van der Waals surface area contributed by atoms with E-state index in [1.807, 2.05) is 31.3 Å². The fourth-order valence-electron chi connectivity index (χ4n) is 1.57. The Labute approximate surface area is 99.3 Å². The van der Waals surface area contributed by atoms with E-state index in [0.717, 1.165) is 11.3 Å². The number of hydrogen-bond acceptors (Lipinski definition) is 4. The largest absolute Gasteiger partial charge is 0.497 e. The van der Waals surface area contributed by atoms with E-state index in [1.54, 1.807) is 12.0 Å². The number of likely N-dealkylation sites (N-methyl/N-ethyl adjacent to an activating group) is 1. The van der Waals surface area contributed by atoms with Crippen molar-refractivity contribution in [3.63, 3.8) is 0 Å². The zero-order valence-corrected chi connectivity index (χ0v) is 9.88. The fraction of sp³-hybridized carbons (Fsp3) is 0.273. The average Bonchev–Trinajstić information content (AvgIpc) is 2.57. The molecule has 0 aromatic heterocycles. The molecule has 1 fully saturated rings. The zero-order valence-electron chi connectivity index (χ0n) is 9.06. The van der Waals surface area contributed by atoms with Crippen molar-refractivity contribution in [2.45, 2.75) is 6.23 Å². The van der Waals surface area contributed by atoms with Crippen LogP contribution in [-0.2, 0) is 4.74 Å². The molecule has 0 bridgehead atoms. The molecule has 1 atom stereocenters. The summed E-state index contributed by atoms with van der Waals surface area (Å²) in [6.07, 6.45) is -0.300. The second-order valence-corrected chi connectivity index (χ2v) is 3.88. The van der Waals surface area contributed by atoms with Gasteiger partial charge in [-0.2, -0.15) is 0 Å². The van der Waals surface area contributed by atoms with E-state index in [1.165, 1.54) is 0 Å². The second-order valence-electron chi connectivity index (χ2n) is 3.49. The highest BCUT2D eigenvalue weighted by molar-refractivity contribution is 7.82. The lowest BCUT2D eigenvalue weighted by atomic mass is 10.2. The summed E-state index contributed by atoms with van der Waals surface area (Å²) >= 11 is 5.04. The maximum atomic E-state index is 7.51. The van der Waals surface area contributed by atoms with E-state index in [9.17, 15) is 0 Å². The number of ether oxygens (including phenoxy) is 2. The molecule has 84 valence electrons. The summed E-state index contributed by atoms with van der Waals surface area (Å²) in [5.74, 6) is 0.848. The minimum absolute atomic E-state index is 0.0540. The number of nitrogens with one attached hydrogen (secondary N) is 1. The molecule has 5 heteroatoms. The molecule has 1 heterocycles. The fourth-order valence-corrected chi connectivity index (χ4v) is 1.71. The number of benzene rings is 1. The molecule has 2 rings (SSSR count). The van der Waals surface area contributed by atoms with E-state index < -0.39 is 0 Å². The van der Waals surface area contributed by atoms with E-state index in [2.05, 4.69) is 0 Å². The molecular formula is C11H12N2O2S. The third-order valence-corrected chi connectivity index (χ3v) is 2.97. The van der Waals surface area contributed by atoms with Crippen LogP contribution < -0.4 is 4.74 Å². The first-order chi connectivity index (χ1) is 7.63. The highest BCUT2D eigenvalue weighted by atomic mass is 32.1. The summed E-state index contributed by atoms with van der Waals surface area (Å²) in [7, 11) is 3.44. The summed E-state index contributed by atoms with van der Waals surface area (Å²) in [4.78, 5) is 2.19. The van der Waals surface area contributed by atoms with Gasteiger partial charge in [0.2, 0.25) is 12.1 Å². The maximum absolute atomic E-state index is 7.51. The van der Waals surface area contributed by atoms with Crippen LogP contribution in [0.25, 0.3) is 0 Å². The van der Waals surface area contributed by atoms with Crippen molar-refractivity contribution in [1.29, 1.82) is 5.41 Å². The molecule has 1 saturated heterocycles. The van der Waals surface area contributed by atoms with Gasteiger partial charge in [0.1, 0.15) is 5.75 Å². The number of rotatable bonds is 2. The van der Waals surface area contributed by atoms with Gasteiger partial charge in [-0.05, 0) is 24.3 Å². The average molecular weight is 236 g/mol. The van der Waals surface area contributed by atoms with E-state index >= 15 is 0 Å². The number of hydrogen-bond donors (Lipinski definition) is 1. The monoisotopic (exact) mass is 236 g/mol. The van der Waals surface area contributed by atoms with Gasteiger partial charge in [-0.25, -0.2) is 0 Å². The smallest absolute Gasteiger partial charge is 0.244 e. The Balaban J connectivity index is 2.25. The third kappa shape index (κ3) is 1.74. The van der Waals surface area contributed by atoms with Crippen molar-refractivity contribution < 1.29 is 9.47 Å². The lowest BCUT2D eigenvalue weighted by molar-refractivity contribution is 0.116. The highest BCUT2D eigenvalue weighted by Crippen LogP contribution is 2.28. The Morgan fingerprint density at radius 3 is 2.44 bits per heavy atom. The van der Waals surface area contributed by atoms with Gasteiger partial charge < -0.3 is 14.4 Å². The lowest BCUT2D eigenvalue weighted by Crippen LogP contribution is -2.23. The number of nitrogens with zero attached hydrogens (tertiary/aromatic N) is 1. The topological polar surface area (TPSA) is 45.6 Å². The summed E-state index contributed by atoms with van der Waals surface area (Å²) in [6, 6.07) is 7.53. The predicted octanol–water partition coefficient (Wildman–Crippen LogP) is 1.96. The summed E-state index contributed by atoms with van der Waals surface area (Å²) in [6.45, 7) is 0. The van der Waals surface area contributed by atoms with Gasteiger partial charge in [0.25, 0.3) is 0 Å². The lowest BCUT2D eigenvalue weighted by Gasteiger charge is -2.18. The molecule has 1 aliphatic heterocycles. The number of thiocarbonyl (C=S) groups is 1. The maximum Gasteiger partial charge on any atom is 0.244 e. The van der Waals surface area contributed by atoms with Crippen molar-refractivity contribution in [2.24, 2.45) is 0 Å². The van der Waals surface area contributed by atoms with Gasteiger partial charge >= 0.3 is 0 Å². The second kappa shape index (κ2) is 4.09. The number of methoxy groups -OCH3 is 1. The third-order valence-electron chi connectivity index (χ3n) is 2.50. The molecule has 4 nitrogen and oxygen atoms in total. The predicted molar refractivity (Wildman–Crippen MR) is 64.9 cm³/mol. The summed E-state index contributed by atoms with van der Waals surface area (Å²) in [5.41, 5.74) is 0.952. The highest BCUT2D eigenvalue weighted by Gasteiger charge is 2.32. The van der Waals surface area contributed by atoms with Crippen molar-refractivity contribution in [2.75, 3.05) is 14.2 Å². The Bertz CT molecular complexity index is 430. The first-order valence-corrected chi connectivity index (χ1v) is 5.20. The van der Waals surface area contributed by atoms with Crippen molar-refractivity contribution in [1.82, 2.24) is 4.90 Å². The molecular weight excluding hydrogens is 224 g/mol. The first-order valence-electron chi connectivity index (χ1n) is 4.80. The molecule has 1 N–H and O–H groups in total. The van der Waals surface area contributed by atoms with Crippen LogP contribution in [0.4, 0.5) is 0 Å². The van der Waals surface area contributed by atoms with Crippen LogP contribution in [0, 0.1) is 5.41 Å². The van der Waals surface area contributed by atoms with Gasteiger partial charge in [0.05, 0.1) is 7.11 Å². The van der Waals surface area contributed by atoms with Crippen molar-refractivity contribution in [3.05, 3.63) is 29.8 Å². The van der Waals surface area contributed by atoms with Gasteiger partial charge in [-0.15, -0.1) is 0 Å². The molecule has 1 aromatic rings. The van der Waals surface area contributed by atoms with Gasteiger partial charge in [0.15, 0.2) is 4.99 Å². The molecule has 0 spiro atoms. The van der Waals surface area contributed by atoms with Crippen LogP contribution in [-0.4, -0.2) is 29.9 Å². The minimum atomic E-state index is -0.300. The van der Waals surface area contributed by atoms with Crippen molar-refractivity contribution >= 4 is 23.1 Å². The quantitative estimate of drug-likeness (QED) is 0.797. The molecule has 16 heavy (non-hydrogen) atoms. The van der Waals surface area contributed by atoms with Crippen LogP contribution >= 0.6 is 12.2 Å². The molecule has 1 aromatic carbocycles. The normalized spacial score (nSPS) is 19.9.